The molecule has 21 heavy (non-hydrogen) atoms. The maximum Gasteiger partial charge on any atom is 0.260 e. The van der Waals surface area contributed by atoms with Crippen LogP contribution in [0.2, 0.25) is 0 Å². The number of carbonyl (C=O) groups is 1. The molecule has 0 heterocycles. The van der Waals surface area contributed by atoms with Crippen molar-refractivity contribution in [3.05, 3.63) is 29.8 Å². The lowest BCUT2D eigenvalue weighted by Crippen LogP contribution is -2.43. The van der Waals surface area contributed by atoms with Crippen LogP contribution in [0.15, 0.2) is 24.3 Å². The molecule has 0 aliphatic heterocycles. The number of rotatable bonds is 4. The van der Waals surface area contributed by atoms with Crippen LogP contribution in [-0.2, 0) is 4.79 Å². The quantitative estimate of drug-likeness (QED) is 0.836. The van der Waals surface area contributed by atoms with E-state index in [0.29, 0.717) is 11.3 Å². The van der Waals surface area contributed by atoms with E-state index >= 15 is 0 Å². The highest BCUT2D eigenvalue weighted by atomic mass is 19.3. The molecule has 1 unspecified atom stereocenters. The first-order chi connectivity index (χ1) is 9.88. The van der Waals surface area contributed by atoms with E-state index in [1.807, 2.05) is 0 Å². The fraction of sp³-hybridized carbons (Fsp3) is 0.562. The van der Waals surface area contributed by atoms with Gasteiger partial charge in [-0.2, -0.15) is 0 Å². The third-order valence-electron chi connectivity index (χ3n) is 3.99. The summed E-state index contributed by atoms with van der Waals surface area (Å²) in [6, 6.07) is 6.10. The largest absolute Gasteiger partial charge is 0.399 e. The number of benzene rings is 1. The molecule has 1 atom stereocenters. The third kappa shape index (κ3) is 4.16. The van der Waals surface area contributed by atoms with Gasteiger partial charge in [0, 0.05) is 18.7 Å². The second-order valence-corrected chi connectivity index (χ2v) is 5.90. The Bertz CT molecular complexity index is 476. The Morgan fingerprint density at radius 3 is 2.33 bits per heavy atom. The Labute approximate surface area is 123 Å². The van der Waals surface area contributed by atoms with E-state index in [0.717, 1.165) is 39.0 Å². The highest BCUT2D eigenvalue weighted by molar-refractivity contribution is 5.85. The van der Waals surface area contributed by atoms with E-state index in [-0.39, 0.29) is 6.04 Å². The van der Waals surface area contributed by atoms with Crippen LogP contribution in [0.25, 0.3) is 0 Å². The summed E-state index contributed by atoms with van der Waals surface area (Å²) < 4.78 is 27.8. The molecule has 1 aliphatic carbocycles. The normalized spacial score (nSPS) is 18.2. The molecular formula is C16H22F2N2O. The molecule has 0 spiro atoms. The summed E-state index contributed by atoms with van der Waals surface area (Å²) in [4.78, 5) is 12.3. The Balaban J connectivity index is 2.15. The standard InChI is InChI=1S/C16H22F2N2O/c1-16(17,18)14(11-7-9-12(19)10-8-11)15(21)20-13-5-3-2-4-6-13/h7-10,13-14H,2-6,19H2,1H3,(H,20,21). The number of nitrogens with one attached hydrogen (secondary N) is 1. The van der Waals surface area contributed by atoms with Crippen molar-refractivity contribution in [1.29, 1.82) is 0 Å². The highest BCUT2D eigenvalue weighted by Crippen LogP contribution is 2.34. The van der Waals surface area contributed by atoms with Crippen molar-refractivity contribution in [3.63, 3.8) is 0 Å². The van der Waals surface area contributed by atoms with Gasteiger partial charge in [0.2, 0.25) is 5.91 Å². The van der Waals surface area contributed by atoms with Crippen molar-refractivity contribution >= 4 is 11.6 Å². The molecule has 1 aromatic carbocycles. The predicted molar refractivity (Wildman–Crippen MR) is 79.2 cm³/mol. The van der Waals surface area contributed by atoms with Crippen LogP contribution in [0, 0.1) is 0 Å². The van der Waals surface area contributed by atoms with Crippen molar-refractivity contribution in [2.24, 2.45) is 0 Å². The zero-order chi connectivity index (χ0) is 15.5. The first-order valence-electron chi connectivity index (χ1n) is 7.41. The summed E-state index contributed by atoms with van der Waals surface area (Å²) in [5, 5.41) is 2.79. The first-order valence-corrected chi connectivity index (χ1v) is 7.41. The zero-order valence-corrected chi connectivity index (χ0v) is 12.2. The van der Waals surface area contributed by atoms with Gasteiger partial charge in [-0.1, -0.05) is 31.4 Å². The van der Waals surface area contributed by atoms with Gasteiger partial charge in [-0.3, -0.25) is 4.79 Å². The minimum absolute atomic E-state index is 0.0184. The Hall–Kier alpha value is -1.65. The van der Waals surface area contributed by atoms with Crippen molar-refractivity contribution in [3.8, 4) is 0 Å². The number of hydrogen-bond acceptors (Lipinski definition) is 2. The molecule has 1 amide bonds. The summed E-state index contributed by atoms with van der Waals surface area (Å²) >= 11 is 0. The summed E-state index contributed by atoms with van der Waals surface area (Å²) in [6.45, 7) is 0.786. The molecular weight excluding hydrogens is 274 g/mol. The van der Waals surface area contributed by atoms with E-state index in [1.54, 1.807) is 12.1 Å². The van der Waals surface area contributed by atoms with Gasteiger partial charge >= 0.3 is 0 Å². The van der Waals surface area contributed by atoms with Gasteiger partial charge in [0.05, 0.1) is 0 Å². The number of nitrogen functional groups attached to an aromatic ring is 1. The van der Waals surface area contributed by atoms with Crippen molar-refractivity contribution in [2.75, 3.05) is 5.73 Å². The first kappa shape index (κ1) is 15.7. The number of alkyl halides is 2. The topological polar surface area (TPSA) is 55.1 Å². The fourth-order valence-electron chi connectivity index (χ4n) is 2.89. The van der Waals surface area contributed by atoms with Crippen LogP contribution in [-0.4, -0.2) is 17.9 Å². The van der Waals surface area contributed by atoms with Crippen molar-refractivity contribution in [1.82, 2.24) is 5.32 Å². The third-order valence-corrected chi connectivity index (χ3v) is 3.99. The van der Waals surface area contributed by atoms with Gasteiger partial charge in [-0.25, -0.2) is 8.78 Å². The van der Waals surface area contributed by atoms with Gasteiger partial charge < -0.3 is 11.1 Å². The smallest absolute Gasteiger partial charge is 0.260 e. The fourth-order valence-corrected chi connectivity index (χ4v) is 2.89. The lowest BCUT2D eigenvalue weighted by Gasteiger charge is -2.28. The molecule has 0 radical (unpaired) electrons. The monoisotopic (exact) mass is 296 g/mol. The van der Waals surface area contributed by atoms with Crippen LogP contribution in [0.5, 0.6) is 0 Å². The molecule has 1 aliphatic rings. The Morgan fingerprint density at radius 1 is 1.24 bits per heavy atom. The van der Waals surface area contributed by atoms with E-state index in [4.69, 9.17) is 5.73 Å². The number of hydrogen-bond donors (Lipinski definition) is 2. The average molecular weight is 296 g/mol. The molecule has 3 nitrogen and oxygen atoms in total. The second-order valence-electron chi connectivity index (χ2n) is 5.90. The van der Waals surface area contributed by atoms with E-state index in [2.05, 4.69) is 5.32 Å². The van der Waals surface area contributed by atoms with Gasteiger partial charge in [-0.05, 0) is 30.5 Å². The number of anilines is 1. The molecule has 3 N–H and O–H groups in total. The summed E-state index contributed by atoms with van der Waals surface area (Å²) in [5.74, 6) is -5.19. The molecule has 116 valence electrons. The van der Waals surface area contributed by atoms with Gasteiger partial charge in [0.1, 0.15) is 5.92 Å². The van der Waals surface area contributed by atoms with Crippen LogP contribution < -0.4 is 11.1 Å². The number of amides is 1. The minimum atomic E-state index is -3.12. The molecule has 2 rings (SSSR count). The van der Waals surface area contributed by atoms with Gasteiger partial charge in [0.25, 0.3) is 5.92 Å². The molecule has 0 aromatic heterocycles. The number of carbonyl (C=O) groups excluding carboxylic acids is 1. The van der Waals surface area contributed by atoms with E-state index in [9.17, 15) is 13.6 Å². The SMILES string of the molecule is CC(F)(F)C(C(=O)NC1CCCCC1)c1ccc(N)cc1. The van der Waals surface area contributed by atoms with E-state index < -0.39 is 17.7 Å². The van der Waals surface area contributed by atoms with Crippen molar-refractivity contribution in [2.45, 2.75) is 56.9 Å². The van der Waals surface area contributed by atoms with Crippen LogP contribution >= 0.6 is 0 Å². The van der Waals surface area contributed by atoms with Crippen molar-refractivity contribution < 1.29 is 13.6 Å². The lowest BCUT2D eigenvalue weighted by atomic mass is 9.90. The van der Waals surface area contributed by atoms with Crippen LogP contribution in [0.4, 0.5) is 14.5 Å². The van der Waals surface area contributed by atoms with E-state index in [1.165, 1.54) is 12.1 Å². The molecule has 1 fully saturated rings. The highest BCUT2D eigenvalue weighted by Gasteiger charge is 2.41. The molecule has 5 heteroatoms. The molecule has 0 bridgehead atoms. The van der Waals surface area contributed by atoms with Gasteiger partial charge in [0.15, 0.2) is 0 Å². The second kappa shape index (κ2) is 6.41. The predicted octanol–water partition coefficient (Wildman–Crippen LogP) is 3.46. The zero-order valence-electron chi connectivity index (χ0n) is 12.2. The summed E-state index contributed by atoms with van der Waals surface area (Å²) in [6.07, 6.45) is 4.97. The Morgan fingerprint density at radius 2 is 1.81 bits per heavy atom. The molecule has 1 aromatic rings. The lowest BCUT2D eigenvalue weighted by molar-refractivity contribution is -0.131. The Kier molecular flexibility index (Phi) is 4.80. The van der Waals surface area contributed by atoms with Crippen LogP contribution in [0.3, 0.4) is 0 Å². The molecule has 1 saturated carbocycles. The number of nitrogens with two attached hydrogens (primary N) is 1. The maximum absolute atomic E-state index is 13.9. The van der Waals surface area contributed by atoms with Gasteiger partial charge in [-0.15, -0.1) is 0 Å². The average Bonchev–Trinajstić information content (AvgIpc) is 2.41. The summed E-state index contributed by atoms with van der Waals surface area (Å²) in [7, 11) is 0. The maximum atomic E-state index is 13.9. The minimum Gasteiger partial charge on any atom is -0.399 e. The number of halogens is 2. The molecule has 0 saturated heterocycles. The van der Waals surface area contributed by atoms with Crippen LogP contribution in [0.1, 0.15) is 50.5 Å². The summed E-state index contributed by atoms with van der Waals surface area (Å²) in [5.41, 5.74) is 6.36.